The van der Waals surface area contributed by atoms with Crippen molar-refractivity contribution in [3.8, 4) is 5.75 Å². The van der Waals surface area contributed by atoms with Gasteiger partial charge in [0.1, 0.15) is 22.1 Å². The number of carbonyl (C=O) groups is 2. The zero-order valence-electron chi connectivity index (χ0n) is 16.5. The first-order valence-corrected chi connectivity index (χ1v) is 12.1. The first-order valence-electron chi connectivity index (χ1n) is 9.09. The Hall–Kier alpha value is -1.86. The Balaban J connectivity index is 2.06. The van der Waals surface area contributed by atoms with Gasteiger partial charge in [-0.3, -0.25) is 4.79 Å². The molecule has 1 aliphatic rings. The molecule has 0 saturated carbocycles. The van der Waals surface area contributed by atoms with E-state index in [0.29, 0.717) is 14.7 Å². The first-order chi connectivity index (χ1) is 14.7. The highest BCUT2D eigenvalue weighted by atomic mass is 127. The molecule has 0 aromatic heterocycles. The number of aryl methyl sites for hydroxylation is 1. The van der Waals surface area contributed by atoms with Crippen molar-refractivity contribution >= 4 is 79.9 Å². The van der Waals surface area contributed by atoms with Crippen LogP contribution in [-0.4, -0.2) is 33.7 Å². The zero-order chi connectivity index (χ0) is 22.7. The largest absolute Gasteiger partial charge is 0.506 e. The molecule has 0 aliphatic carbocycles. The normalized spacial score (nSPS) is 16.3. The Morgan fingerprint density at radius 3 is 2.48 bits per heavy atom. The number of benzene rings is 2. The molecule has 0 radical (unpaired) electrons. The van der Waals surface area contributed by atoms with Crippen molar-refractivity contribution in [3.05, 3.63) is 76.5 Å². The van der Waals surface area contributed by atoms with E-state index in [1.165, 1.54) is 0 Å². The molecule has 9 heteroatoms. The quantitative estimate of drug-likeness (QED) is 0.327. The highest BCUT2D eigenvalue weighted by Gasteiger charge is 2.34. The van der Waals surface area contributed by atoms with Crippen LogP contribution in [0.25, 0.3) is 6.08 Å². The molecule has 0 fully saturated rings. The number of hydrogen-bond donors (Lipinski definition) is 2. The van der Waals surface area contributed by atoms with Gasteiger partial charge in [-0.25, -0.2) is 9.79 Å². The van der Waals surface area contributed by atoms with Gasteiger partial charge in [0.05, 0.1) is 15.1 Å². The molecule has 0 spiro atoms. The molecule has 2 N–H and O–H groups in total. The van der Waals surface area contributed by atoms with Crippen molar-refractivity contribution in [2.45, 2.75) is 13.8 Å². The summed E-state index contributed by atoms with van der Waals surface area (Å²) in [5.74, 6) is -1.59. The first kappa shape index (κ1) is 23.8. The van der Waals surface area contributed by atoms with E-state index in [1.807, 2.05) is 35.6 Å². The zero-order valence-corrected chi connectivity index (χ0v) is 21.6. The smallest absolute Gasteiger partial charge is 0.344 e. The molecule has 1 aliphatic heterocycles. The number of rotatable bonds is 4. The number of nitrogens with zero attached hydrogens (tertiary/aromatic N) is 1. The van der Waals surface area contributed by atoms with Crippen LogP contribution in [0, 0.1) is 14.1 Å². The fraction of sp³-hybridized carbons (Fsp3) is 0.136. The summed E-state index contributed by atoms with van der Waals surface area (Å²) in [6.07, 6.45) is 1.55. The van der Waals surface area contributed by atoms with Crippen LogP contribution in [0.4, 0.5) is 0 Å². The van der Waals surface area contributed by atoms with Crippen molar-refractivity contribution < 1.29 is 24.5 Å². The standard InChI is InChI=1S/C22H17I2NO5S/c1-3-30-22(29)17-19(27)16(9-13-8-14(23)10-15(24)18(13)26)31-21(17)25-20(28)12-6-4-11(2)5-7-12/h4-10,26-27H,3H2,1-2H3/b16-9-,25-21?. The van der Waals surface area contributed by atoms with Crippen LogP contribution in [0.2, 0.25) is 0 Å². The minimum atomic E-state index is -0.771. The van der Waals surface area contributed by atoms with E-state index in [-0.39, 0.29) is 33.6 Å². The maximum atomic E-state index is 12.6. The number of hydrogen-bond acceptors (Lipinski definition) is 6. The van der Waals surface area contributed by atoms with Crippen LogP contribution in [0.15, 0.2) is 57.6 Å². The molecule has 3 rings (SSSR count). The van der Waals surface area contributed by atoms with Gasteiger partial charge in [-0.1, -0.05) is 29.5 Å². The molecule has 1 amide bonds. The molecule has 0 saturated heterocycles. The van der Waals surface area contributed by atoms with E-state index in [2.05, 4.69) is 27.6 Å². The van der Waals surface area contributed by atoms with Gasteiger partial charge < -0.3 is 14.9 Å². The number of phenols is 1. The summed E-state index contributed by atoms with van der Waals surface area (Å²) in [5, 5.41) is 21.2. The average Bonchev–Trinajstić information content (AvgIpc) is 3.01. The van der Waals surface area contributed by atoms with E-state index >= 15 is 0 Å². The third-order valence-corrected chi connectivity index (χ3v) is 6.68. The van der Waals surface area contributed by atoms with Gasteiger partial charge in [-0.05, 0) is 89.4 Å². The summed E-state index contributed by atoms with van der Waals surface area (Å²) in [5.41, 5.74) is 1.67. The predicted octanol–water partition coefficient (Wildman–Crippen LogP) is 5.61. The van der Waals surface area contributed by atoms with Crippen LogP contribution in [0.1, 0.15) is 28.4 Å². The summed E-state index contributed by atoms with van der Waals surface area (Å²) in [6.45, 7) is 3.66. The molecule has 2 aromatic rings. The Kier molecular flexibility index (Phi) is 7.81. The van der Waals surface area contributed by atoms with Crippen LogP contribution in [0.5, 0.6) is 5.75 Å². The average molecular weight is 661 g/mol. The summed E-state index contributed by atoms with van der Waals surface area (Å²) >= 11 is 5.11. The topological polar surface area (TPSA) is 96.2 Å². The molecular weight excluding hydrogens is 644 g/mol. The third kappa shape index (κ3) is 5.50. The van der Waals surface area contributed by atoms with Crippen molar-refractivity contribution in [1.82, 2.24) is 0 Å². The van der Waals surface area contributed by atoms with Gasteiger partial charge in [0.25, 0.3) is 5.91 Å². The third-order valence-electron chi connectivity index (χ3n) is 4.22. The molecule has 0 unspecified atom stereocenters. The monoisotopic (exact) mass is 661 g/mol. The number of carbonyl (C=O) groups excluding carboxylic acids is 2. The Labute approximate surface area is 210 Å². The Morgan fingerprint density at radius 1 is 1.16 bits per heavy atom. The number of amides is 1. The van der Waals surface area contributed by atoms with Crippen molar-refractivity contribution in [2.75, 3.05) is 6.61 Å². The molecule has 1 heterocycles. The van der Waals surface area contributed by atoms with Crippen LogP contribution in [0.3, 0.4) is 0 Å². The predicted molar refractivity (Wildman–Crippen MR) is 138 cm³/mol. The number of aliphatic hydroxyl groups excluding tert-OH is 1. The van der Waals surface area contributed by atoms with Gasteiger partial charge in [-0.15, -0.1) is 0 Å². The Morgan fingerprint density at radius 2 is 1.84 bits per heavy atom. The number of halogens is 2. The van der Waals surface area contributed by atoms with E-state index in [9.17, 15) is 19.8 Å². The van der Waals surface area contributed by atoms with Crippen molar-refractivity contribution in [1.29, 1.82) is 0 Å². The second kappa shape index (κ2) is 10.2. The van der Waals surface area contributed by atoms with E-state index in [0.717, 1.165) is 20.9 Å². The van der Waals surface area contributed by atoms with Gasteiger partial charge in [0.15, 0.2) is 0 Å². The van der Waals surface area contributed by atoms with Crippen molar-refractivity contribution in [2.24, 2.45) is 4.99 Å². The molecule has 0 atom stereocenters. The fourth-order valence-electron chi connectivity index (χ4n) is 2.68. The molecule has 6 nitrogen and oxygen atoms in total. The minimum Gasteiger partial charge on any atom is -0.506 e. The SMILES string of the molecule is CCOC(=O)C1=C(O)/C(=C/c2cc(I)cc(I)c2O)SC1=NC(=O)c1ccc(C)cc1. The van der Waals surface area contributed by atoms with Crippen LogP contribution in [-0.2, 0) is 9.53 Å². The fourth-order valence-corrected chi connectivity index (χ4v) is 5.58. The van der Waals surface area contributed by atoms with Crippen LogP contribution >= 0.6 is 56.9 Å². The lowest BCUT2D eigenvalue weighted by atomic mass is 10.1. The molecular formula is C22H17I2NO5S. The number of aromatic hydroxyl groups is 1. The number of esters is 1. The maximum absolute atomic E-state index is 12.6. The molecule has 2 aromatic carbocycles. The second-order valence-corrected chi connectivity index (χ2v) is 9.91. The van der Waals surface area contributed by atoms with Gasteiger partial charge >= 0.3 is 5.97 Å². The van der Waals surface area contributed by atoms with Gasteiger partial charge in [-0.2, -0.15) is 0 Å². The summed E-state index contributed by atoms with van der Waals surface area (Å²) < 4.78 is 6.59. The Bertz CT molecular complexity index is 1150. The lowest BCUT2D eigenvalue weighted by molar-refractivity contribution is -0.138. The summed E-state index contributed by atoms with van der Waals surface area (Å²) in [6, 6.07) is 10.4. The minimum absolute atomic E-state index is 0.0487. The molecule has 0 bridgehead atoms. The molecule has 31 heavy (non-hydrogen) atoms. The number of thioether (sulfide) groups is 1. The van der Waals surface area contributed by atoms with E-state index in [1.54, 1.807) is 43.3 Å². The lowest BCUT2D eigenvalue weighted by Gasteiger charge is -2.05. The highest BCUT2D eigenvalue weighted by molar-refractivity contribution is 14.1. The summed E-state index contributed by atoms with van der Waals surface area (Å²) in [7, 11) is 0. The number of aliphatic imine (C=N–C) groups is 1. The van der Waals surface area contributed by atoms with Crippen molar-refractivity contribution in [3.63, 3.8) is 0 Å². The second-order valence-electron chi connectivity index (χ2n) is 6.47. The number of ether oxygens (including phenoxy) is 1. The molecule has 160 valence electrons. The highest BCUT2D eigenvalue weighted by Crippen LogP contribution is 2.41. The number of phenolic OH excluding ortho intramolecular Hbond substituents is 1. The van der Waals surface area contributed by atoms with Crippen LogP contribution < -0.4 is 0 Å². The maximum Gasteiger partial charge on any atom is 0.344 e. The number of aliphatic hydroxyl groups is 1. The van der Waals surface area contributed by atoms with E-state index in [4.69, 9.17) is 4.74 Å². The van der Waals surface area contributed by atoms with Gasteiger partial charge in [0.2, 0.25) is 0 Å². The lowest BCUT2D eigenvalue weighted by Crippen LogP contribution is -2.14. The van der Waals surface area contributed by atoms with E-state index < -0.39 is 11.9 Å². The summed E-state index contributed by atoms with van der Waals surface area (Å²) in [4.78, 5) is 29.5. The van der Waals surface area contributed by atoms with Gasteiger partial charge in [0, 0.05) is 14.7 Å².